The van der Waals surface area contributed by atoms with Gasteiger partial charge in [-0.2, -0.15) is 19.0 Å². The number of H-pyrrole nitrogens is 1. The van der Waals surface area contributed by atoms with Crippen LogP contribution in [0.5, 0.6) is 0 Å². The van der Waals surface area contributed by atoms with Crippen LogP contribution < -0.4 is 10.6 Å². The minimum absolute atomic E-state index is 0.0213. The molecule has 3 heterocycles. The molecule has 1 aliphatic carbocycles. The number of carbonyl (C=O) groups excluding carboxylic acids is 2. The highest BCUT2D eigenvalue weighted by Crippen LogP contribution is 2.44. The molecular weight excluding hydrogens is 651 g/mol. The number of nitrogens with zero attached hydrogens (tertiary/aromatic N) is 5. The Bertz CT molecular complexity index is 1860. The van der Waals surface area contributed by atoms with Crippen molar-refractivity contribution in [2.45, 2.75) is 64.2 Å². The minimum atomic E-state index is -2.86. The van der Waals surface area contributed by atoms with Gasteiger partial charge in [0, 0.05) is 28.9 Å². The van der Waals surface area contributed by atoms with Crippen LogP contribution in [0, 0.1) is 16.6 Å². The monoisotopic (exact) mass is 683 g/mol. The average molecular weight is 684 g/mol. The quantitative estimate of drug-likeness (QED) is 0.156. The average Bonchev–Trinajstić information content (AvgIpc) is 3.38. The van der Waals surface area contributed by atoms with Crippen molar-refractivity contribution in [3.05, 3.63) is 77.1 Å². The molecule has 2 atom stereocenters. The molecule has 4 N–H and O–H groups in total. The van der Waals surface area contributed by atoms with Gasteiger partial charge in [-0.05, 0) is 54.0 Å². The number of alkyl carbamates (subject to hydrolysis) is 1. The lowest BCUT2D eigenvalue weighted by atomic mass is 9.75. The van der Waals surface area contributed by atoms with Gasteiger partial charge >= 0.3 is 12.6 Å². The maximum absolute atomic E-state index is 16.2. The Balaban J connectivity index is 1.41. The van der Waals surface area contributed by atoms with E-state index in [9.17, 15) is 18.4 Å². The third kappa shape index (κ3) is 6.59. The van der Waals surface area contributed by atoms with E-state index in [0.29, 0.717) is 26.7 Å². The molecule has 4 aromatic rings. The molecular formula is C32H33ClF3N9O3. The van der Waals surface area contributed by atoms with Crippen molar-refractivity contribution in [2.24, 2.45) is 5.41 Å². The van der Waals surface area contributed by atoms with Crippen LogP contribution in [0.25, 0.3) is 22.5 Å². The fourth-order valence-corrected chi connectivity index (χ4v) is 6.13. The summed E-state index contributed by atoms with van der Waals surface area (Å²) >= 11 is 6.49. The summed E-state index contributed by atoms with van der Waals surface area (Å²) in [5.74, 6) is -1.41. The number of halogens is 4. The van der Waals surface area contributed by atoms with E-state index >= 15 is 4.39 Å². The molecule has 2 aromatic carbocycles. The second kappa shape index (κ2) is 12.6. The highest BCUT2D eigenvalue weighted by Gasteiger charge is 2.55. The van der Waals surface area contributed by atoms with Gasteiger partial charge in [0.05, 0.1) is 17.3 Å². The SMILES string of the molecule is CC(C)(C)C[C@]1(c2ccc(-c3cnn(C(F)F)c3)cc2F)NC(=N)N([C@H](COC(=O)NC2CC2)c2ccc(Cl)c(-c3ncn[nH]3)c2)C1=O. The molecule has 2 aromatic heterocycles. The van der Waals surface area contributed by atoms with Crippen molar-refractivity contribution in [3.63, 3.8) is 0 Å². The minimum Gasteiger partial charge on any atom is -0.447 e. The van der Waals surface area contributed by atoms with E-state index in [-0.39, 0.29) is 41.7 Å². The van der Waals surface area contributed by atoms with Crippen LogP contribution in [0.3, 0.4) is 0 Å². The van der Waals surface area contributed by atoms with Crippen molar-refractivity contribution in [1.29, 1.82) is 5.41 Å². The highest BCUT2D eigenvalue weighted by molar-refractivity contribution is 6.33. The van der Waals surface area contributed by atoms with Gasteiger partial charge in [0.2, 0.25) is 0 Å². The van der Waals surface area contributed by atoms with Crippen molar-refractivity contribution in [3.8, 4) is 22.5 Å². The maximum Gasteiger partial charge on any atom is 0.407 e. The standard InChI is InChI=1S/C32H33ClF3N9O3/c1-31(2,3)15-32(22-8-4-17(11-24(22)34)19-12-40-44(13-19)28(35)36)27(46)45(29(37)42-32)25(14-48-30(47)41-20-6-7-20)18-5-9-23(33)21(10-18)26-38-16-39-43-26/h4-5,8-13,16,20,25,28H,6-7,14-15H2,1-3H3,(H2,37,42)(H,41,47)(H,38,39,43)/t25-,32-/m1/s1. The molecule has 48 heavy (non-hydrogen) atoms. The fraction of sp³-hybridized carbons (Fsp3) is 0.375. The van der Waals surface area contributed by atoms with E-state index in [1.807, 2.05) is 20.8 Å². The molecule has 0 bridgehead atoms. The highest BCUT2D eigenvalue weighted by atomic mass is 35.5. The van der Waals surface area contributed by atoms with Crippen molar-refractivity contribution in [1.82, 2.24) is 40.5 Å². The molecule has 2 aliphatic rings. The first-order chi connectivity index (χ1) is 22.8. The van der Waals surface area contributed by atoms with Gasteiger partial charge in [-0.3, -0.25) is 20.2 Å². The molecule has 16 heteroatoms. The Hall–Kier alpha value is -4.92. The molecule has 252 valence electrons. The van der Waals surface area contributed by atoms with Crippen LogP contribution in [-0.2, 0) is 15.1 Å². The molecule has 1 saturated carbocycles. The number of hydrogen-bond acceptors (Lipinski definition) is 7. The van der Waals surface area contributed by atoms with Crippen LogP contribution in [-0.4, -0.2) is 60.5 Å². The number of guanidine groups is 1. The summed E-state index contributed by atoms with van der Waals surface area (Å²) in [5, 5.41) is 25.4. The summed E-state index contributed by atoms with van der Waals surface area (Å²) in [6.45, 7) is 2.44. The van der Waals surface area contributed by atoms with E-state index in [1.165, 1.54) is 24.7 Å². The molecule has 1 aliphatic heterocycles. The largest absolute Gasteiger partial charge is 0.447 e. The number of rotatable bonds is 10. The number of alkyl halides is 2. The Morgan fingerprint density at radius 1 is 1.21 bits per heavy atom. The maximum atomic E-state index is 16.2. The van der Waals surface area contributed by atoms with E-state index < -0.39 is 41.4 Å². The third-order valence-corrected chi connectivity index (χ3v) is 8.47. The number of ether oxygens (including phenoxy) is 1. The van der Waals surface area contributed by atoms with Crippen molar-refractivity contribution in [2.75, 3.05) is 6.61 Å². The Labute approximate surface area is 278 Å². The first kappa shape index (κ1) is 33.0. The third-order valence-electron chi connectivity index (χ3n) is 8.14. The van der Waals surface area contributed by atoms with Crippen LogP contribution in [0.4, 0.5) is 18.0 Å². The second-order valence-corrected chi connectivity index (χ2v) is 13.5. The normalized spacial score (nSPS) is 18.7. The first-order valence-electron chi connectivity index (χ1n) is 15.2. The zero-order chi connectivity index (χ0) is 34.4. The van der Waals surface area contributed by atoms with Gasteiger partial charge in [0.15, 0.2) is 11.8 Å². The smallest absolute Gasteiger partial charge is 0.407 e. The second-order valence-electron chi connectivity index (χ2n) is 13.1. The predicted octanol–water partition coefficient (Wildman–Crippen LogP) is 6.15. The van der Waals surface area contributed by atoms with Crippen molar-refractivity contribution < 1.29 is 27.5 Å². The summed E-state index contributed by atoms with van der Waals surface area (Å²) in [5.41, 5.74) is -0.883. The van der Waals surface area contributed by atoms with Gasteiger partial charge in [0.25, 0.3) is 5.91 Å². The topological polar surface area (TPSA) is 154 Å². The van der Waals surface area contributed by atoms with E-state index in [2.05, 4.69) is 30.9 Å². The lowest BCUT2D eigenvalue weighted by Crippen LogP contribution is -2.48. The van der Waals surface area contributed by atoms with Gasteiger partial charge in [0.1, 0.15) is 24.3 Å². The Kier molecular flexibility index (Phi) is 8.66. The molecule has 0 unspecified atom stereocenters. The molecule has 12 nitrogen and oxygen atoms in total. The molecule has 2 fully saturated rings. The molecule has 1 saturated heterocycles. The summed E-state index contributed by atoms with van der Waals surface area (Å²) in [4.78, 5) is 32.7. The zero-order valence-corrected chi connectivity index (χ0v) is 27.0. The predicted molar refractivity (Wildman–Crippen MR) is 169 cm³/mol. The summed E-state index contributed by atoms with van der Waals surface area (Å²) in [7, 11) is 0. The van der Waals surface area contributed by atoms with Crippen molar-refractivity contribution >= 4 is 29.6 Å². The Morgan fingerprint density at radius 2 is 1.98 bits per heavy atom. The van der Waals surface area contributed by atoms with E-state index in [4.69, 9.17) is 21.7 Å². The number of benzene rings is 2. The number of carbonyl (C=O) groups is 2. The van der Waals surface area contributed by atoms with Crippen LogP contribution in [0.15, 0.2) is 55.1 Å². The Morgan fingerprint density at radius 3 is 2.60 bits per heavy atom. The van der Waals surface area contributed by atoms with Crippen LogP contribution >= 0.6 is 11.6 Å². The van der Waals surface area contributed by atoms with Crippen LogP contribution in [0.1, 0.15) is 63.8 Å². The van der Waals surface area contributed by atoms with E-state index in [0.717, 1.165) is 30.0 Å². The number of nitrogens with one attached hydrogen (secondary N) is 4. The number of amides is 2. The molecule has 0 radical (unpaired) electrons. The summed E-state index contributed by atoms with van der Waals surface area (Å²) in [6.07, 6.45) is 4.69. The van der Waals surface area contributed by atoms with E-state index in [1.54, 1.807) is 18.2 Å². The van der Waals surface area contributed by atoms with Gasteiger partial charge in [-0.1, -0.05) is 50.6 Å². The number of aromatic nitrogens is 5. The van der Waals surface area contributed by atoms with Crippen LogP contribution in [0.2, 0.25) is 5.02 Å². The van der Waals surface area contributed by atoms with Gasteiger partial charge in [-0.25, -0.2) is 18.9 Å². The fourth-order valence-electron chi connectivity index (χ4n) is 5.93. The number of hydrogen-bond donors (Lipinski definition) is 4. The lowest BCUT2D eigenvalue weighted by molar-refractivity contribution is -0.135. The molecule has 0 spiro atoms. The summed E-state index contributed by atoms with van der Waals surface area (Å²) in [6, 6.07) is 7.97. The first-order valence-corrected chi connectivity index (χ1v) is 15.5. The lowest BCUT2D eigenvalue weighted by Gasteiger charge is -2.35. The number of aromatic amines is 1. The summed E-state index contributed by atoms with van der Waals surface area (Å²) < 4.78 is 48.5. The molecule has 2 amide bonds. The molecule has 6 rings (SSSR count). The van der Waals surface area contributed by atoms with Gasteiger partial charge < -0.3 is 15.4 Å². The zero-order valence-electron chi connectivity index (χ0n) is 26.2. The van der Waals surface area contributed by atoms with Gasteiger partial charge in [-0.15, -0.1) is 0 Å².